The van der Waals surface area contributed by atoms with Crippen molar-refractivity contribution in [2.75, 3.05) is 26.3 Å². The second-order valence-electron chi connectivity index (χ2n) is 3.71. The number of carbonyl (C=O) groups excluding carboxylic acids is 1. The number of hydrogen-bond acceptors (Lipinski definition) is 3. The quantitative estimate of drug-likeness (QED) is 0.651. The van der Waals surface area contributed by atoms with Gasteiger partial charge in [0, 0.05) is 13.1 Å². The van der Waals surface area contributed by atoms with Crippen molar-refractivity contribution >= 4 is 5.91 Å². The van der Waals surface area contributed by atoms with Gasteiger partial charge in [-0.25, -0.2) is 0 Å². The molecule has 1 aliphatic heterocycles. The van der Waals surface area contributed by atoms with E-state index >= 15 is 0 Å². The van der Waals surface area contributed by atoms with Gasteiger partial charge in [0.15, 0.2) is 0 Å². The molecule has 1 aliphatic rings. The average molecular weight is 186 g/mol. The van der Waals surface area contributed by atoms with Gasteiger partial charge >= 0.3 is 0 Å². The van der Waals surface area contributed by atoms with Crippen LogP contribution in [0.5, 0.6) is 0 Å². The number of amides is 1. The minimum absolute atomic E-state index is 0.0540. The Bertz CT molecular complexity index is 176. The van der Waals surface area contributed by atoms with E-state index in [2.05, 4.69) is 0 Å². The van der Waals surface area contributed by atoms with Crippen LogP contribution in [-0.4, -0.2) is 43.2 Å². The van der Waals surface area contributed by atoms with E-state index in [-0.39, 0.29) is 17.9 Å². The van der Waals surface area contributed by atoms with Crippen LogP contribution in [0.3, 0.4) is 0 Å². The van der Waals surface area contributed by atoms with E-state index in [1.54, 1.807) is 4.90 Å². The number of rotatable bonds is 2. The van der Waals surface area contributed by atoms with Crippen molar-refractivity contribution in [2.45, 2.75) is 19.9 Å². The molecule has 13 heavy (non-hydrogen) atoms. The summed E-state index contributed by atoms with van der Waals surface area (Å²) in [6.07, 6.45) is 0. The lowest BCUT2D eigenvalue weighted by Crippen LogP contribution is -2.50. The highest BCUT2D eigenvalue weighted by molar-refractivity contribution is 5.81. The minimum Gasteiger partial charge on any atom is -0.378 e. The molecule has 0 unspecified atom stereocenters. The van der Waals surface area contributed by atoms with Crippen LogP contribution in [0.15, 0.2) is 0 Å². The lowest BCUT2D eigenvalue weighted by atomic mass is 10.0. The molecule has 4 nitrogen and oxygen atoms in total. The SMILES string of the molecule is CC(C)[C@@H](N)C(=O)N1CCOCC1. The number of carbonyl (C=O) groups is 1. The number of morpholine rings is 1. The first kappa shape index (κ1) is 10.5. The molecule has 4 heteroatoms. The molecule has 0 bridgehead atoms. The fraction of sp³-hybridized carbons (Fsp3) is 0.889. The second kappa shape index (κ2) is 4.58. The average Bonchev–Trinajstić information content (AvgIpc) is 2.17. The predicted octanol–water partition coefficient (Wildman–Crippen LogP) is -0.171. The lowest BCUT2D eigenvalue weighted by Gasteiger charge is -2.30. The third-order valence-electron chi connectivity index (χ3n) is 2.33. The molecule has 0 spiro atoms. The van der Waals surface area contributed by atoms with Crippen molar-refractivity contribution in [3.05, 3.63) is 0 Å². The van der Waals surface area contributed by atoms with Crippen molar-refractivity contribution in [1.29, 1.82) is 0 Å². The Morgan fingerprint density at radius 1 is 1.38 bits per heavy atom. The Balaban J connectivity index is 2.45. The molecular formula is C9H18N2O2. The van der Waals surface area contributed by atoms with E-state index in [0.717, 1.165) is 0 Å². The van der Waals surface area contributed by atoms with Gasteiger partial charge in [0.25, 0.3) is 0 Å². The summed E-state index contributed by atoms with van der Waals surface area (Å²) in [6.45, 7) is 6.55. The Hall–Kier alpha value is -0.610. The van der Waals surface area contributed by atoms with Gasteiger partial charge in [-0.05, 0) is 5.92 Å². The second-order valence-corrected chi connectivity index (χ2v) is 3.71. The third-order valence-corrected chi connectivity index (χ3v) is 2.33. The van der Waals surface area contributed by atoms with E-state index in [1.807, 2.05) is 13.8 Å². The van der Waals surface area contributed by atoms with Crippen LogP contribution >= 0.6 is 0 Å². The molecule has 0 aromatic carbocycles. The fourth-order valence-electron chi connectivity index (χ4n) is 1.28. The highest BCUT2D eigenvalue weighted by atomic mass is 16.5. The first-order chi connectivity index (χ1) is 6.13. The van der Waals surface area contributed by atoms with Gasteiger partial charge in [-0.15, -0.1) is 0 Å². The minimum atomic E-state index is -0.363. The monoisotopic (exact) mass is 186 g/mol. The van der Waals surface area contributed by atoms with Crippen LogP contribution in [0.25, 0.3) is 0 Å². The molecule has 0 radical (unpaired) electrons. The summed E-state index contributed by atoms with van der Waals surface area (Å²) in [4.78, 5) is 13.5. The summed E-state index contributed by atoms with van der Waals surface area (Å²) in [6, 6.07) is -0.363. The zero-order valence-electron chi connectivity index (χ0n) is 8.32. The number of ether oxygens (including phenoxy) is 1. The largest absolute Gasteiger partial charge is 0.378 e. The maximum absolute atomic E-state index is 11.7. The fourth-order valence-corrected chi connectivity index (χ4v) is 1.28. The summed E-state index contributed by atoms with van der Waals surface area (Å²) in [5.74, 6) is 0.258. The van der Waals surface area contributed by atoms with Gasteiger partial charge in [0.05, 0.1) is 19.3 Å². The predicted molar refractivity (Wildman–Crippen MR) is 50.2 cm³/mol. The topological polar surface area (TPSA) is 55.6 Å². The van der Waals surface area contributed by atoms with Crippen LogP contribution in [0, 0.1) is 5.92 Å². The standard InChI is InChI=1S/C9H18N2O2/c1-7(2)8(10)9(12)11-3-5-13-6-4-11/h7-8H,3-6,10H2,1-2H3/t8-/m1/s1. The Labute approximate surface area is 79.0 Å². The van der Waals surface area contributed by atoms with Crippen molar-refractivity contribution in [3.8, 4) is 0 Å². The molecule has 0 aromatic heterocycles. The summed E-state index contributed by atoms with van der Waals surface area (Å²) in [5.41, 5.74) is 5.76. The molecule has 1 rings (SSSR count). The molecule has 76 valence electrons. The Kier molecular flexibility index (Phi) is 3.69. The summed E-state index contributed by atoms with van der Waals surface area (Å²) in [5, 5.41) is 0. The lowest BCUT2D eigenvalue weighted by molar-refractivity contribution is -0.137. The number of nitrogens with two attached hydrogens (primary N) is 1. The summed E-state index contributed by atoms with van der Waals surface area (Å²) in [7, 11) is 0. The van der Waals surface area contributed by atoms with Crippen molar-refractivity contribution < 1.29 is 9.53 Å². The van der Waals surface area contributed by atoms with Crippen LogP contribution in [0.4, 0.5) is 0 Å². The number of nitrogens with zero attached hydrogens (tertiary/aromatic N) is 1. The molecule has 1 saturated heterocycles. The van der Waals surface area contributed by atoms with E-state index in [0.29, 0.717) is 26.3 Å². The van der Waals surface area contributed by atoms with E-state index in [4.69, 9.17) is 10.5 Å². The highest BCUT2D eigenvalue weighted by Crippen LogP contribution is 2.05. The van der Waals surface area contributed by atoms with E-state index < -0.39 is 0 Å². The van der Waals surface area contributed by atoms with Gasteiger partial charge in [-0.1, -0.05) is 13.8 Å². The molecule has 0 saturated carbocycles. The molecule has 2 N–H and O–H groups in total. The normalized spacial score (nSPS) is 20.5. The van der Waals surface area contributed by atoms with Gasteiger partial charge < -0.3 is 15.4 Å². The smallest absolute Gasteiger partial charge is 0.239 e. The van der Waals surface area contributed by atoms with Crippen LogP contribution in [0.1, 0.15) is 13.8 Å². The van der Waals surface area contributed by atoms with E-state index in [9.17, 15) is 4.79 Å². The maximum atomic E-state index is 11.7. The first-order valence-corrected chi connectivity index (χ1v) is 4.75. The Morgan fingerprint density at radius 3 is 2.38 bits per heavy atom. The van der Waals surface area contributed by atoms with Gasteiger partial charge in [-0.3, -0.25) is 4.79 Å². The number of hydrogen-bond donors (Lipinski definition) is 1. The van der Waals surface area contributed by atoms with Crippen molar-refractivity contribution in [1.82, 2.24) is 4.90 Å². The third kappa shape index (κ3) is 2.67. The summed E-state index contributed by atoms with van der Waals surface area (Å²) < 4.78 is 5.16. The molecular weight excluding hydrogens is 168 g/mol. The van der Waals surface area contributed by atoms with E-state index in [1.165, 1.54) is 0 Å². The van der Waals surface area contributed by atoms with Crippen molar-refractivity contribution in [3.63, 3.8) is 0 Å². The molecule has 0 aromatic rings. The first-order valence-electron chi connectivity index (χ1n) is 4.75. The van der Waals surface area contributed by atoms with Gasteiger partial charge in [0.1, 0.15) is 0 Å². The zero-order valence-corrected chi connectivity index (χ0v) is 8.32. The zero-order chi connectivity index (χ0) is 9.84. The van der Waals surface area contributed by atoms with Crippen LogP contribution in [-0.2, 0) is 9.53 Å². The highest BCUT2D eigenvalue weighted by Gasteiger charge is 2.24. The van der Waals surface area contributed by atoms with Gasteiger partial charge in [0.2, 0.25) is 5.91 Å². The summed E-state index contributed by atoms with van der Waals surface area (Å²) >= 11 is 0. The van der Waals surface area contributed by atoms with Crippen molar-refractivity contribution in [2.24, 2.45) is 11.7 Å². The molecule has 1 fully saturated rings. The Morgan fingerprint density at radius 2 is 1.92 bits per heavy atom. The molecule has 1 heterocycles. The maximum Gasteiger partial charge on any atom is 0.239 e. The molecule has 0 aliphatic carbocycles. The molecule has 1 amide bonds. The van der Waals surface area contributed by atoms with Crippen LogP contribution < -0.4 is 5.73 Å². The van der Waals surface area contributed by atoms with Crippen LogP contribution in [0.2, 0.25) is 0 Å². The van der Waals surface area contributed by atoms with Gasteiger partial charge in [-0.2, -0.15) is 0 Å². The molecule has 1 atom stereocenters.